The second kappa shape index (κ2) is 4.46. The van der Waals surface area contributed by atoms with E-state index in [1.165, 1.54) is 4.90 Å². The van der Waals surface area contributed by atoms with Crippen molar-refractivity contribution in [1.82, 2.24) is 0 Å². The van der Waals surface area contributed by atoms with Crippen LogP contribution in [0.5, 0.6) is 0 Å². The highest BCUT2D eigenvalue weighted by Gasteiger charge is 2.49. The highest BCUT2D eigenvalue weighted by Crippen LogP contribution is 2.48. The summed E-state index contributed by atoms with van der Waals surface area (Å²) in [5.41, 5.74) is 0. The van der Waals surface area contributed by atoms with Gasteiger partial charge in [0.1, 0.15) is 5.78 Å². The van der Waals surface area contributed by atoms with Crippen LogP contribution in [0.3, 0.4) is 0 Å². The number of benzene rings is 1. The molecule has 4 atom stereocenters. The summed E-state index contributed by atoms with van der Waals surface area (Å²) in [5.74, 6) is 0.595. The molecule has 0 bridgehead atoms. The first-order chi connectivity index (χ1) is 8.25. The largest absolute Gasteiger partial charge is 0.392 e. The molecule has 1 N–H and O–H groups in total. The molecule has 0 aromatic heterocycles. The van der Waals surface area contributed by atoms with Crippen LogP contribution in [-0.4, -0.2) is 22.2 Å². The fourth-order valence-corrected chi connectivity index (χ4v) is 4.62. The minimum Gasteiger partial charge on any atom is -0.392 e. The maximum absolute atomic E-state index is 11.7. The Morgan fingerprint density at radius 2 is 2.00 bits per heavy atom. The van der Waals surface area contributed by atoms with Gasteiger partial charge in [0.25, 0.3) is 0 Å². The Kier molecular flexibility index (Phi) is 2.97. The van der Waals surface area contributed by atoms with Gasteiger partial charge in [0.15, 0.2) is 0 Å². The van der Waals surface area contributed by atoms with Crippen molar-refractivity contribution in [2.45, 2.75) is 35.5 Å². The first-order valence-electron chi connectivity index (χ1n) is 6.18. The van der Waals surface area contributed by atoms with Gasteiger partial charge in [0.05, 0.1) is 6.10 Å². The van der Waals surface area contributed by atoms with E-state index in [1.54, 1.807) is 0 Å². The van der Waals surface area contributed by atoms with Gasteiger partial charge in [0.2, 0.25) is 0 Å². The first kappa shape index (κ1) is 11.3. The molecule has 3 heteroatoms. The number of ketones is 1. The van der Waals surface area contributed by atoms with E-state index in [-0.39, 0.29) is 11.7 Å². The van der Waals surface area contributed by atoms with Crippen LogP contribution in [0.15, 0.2) is 35.2 Å². The molecular formula is C14H16O2S. The molecule has 0 heterocycles. The summed E-state index contributed by atoms with van der Waals surface area (Å²) in [7, 11) is 0. The van der Waals surface area contributed by atoms with Crippen molar-refractivity contribution in [1.29, 1.82) is 0 Å². The van der Waals surface area contributed by atoms with Crippen molar-refractivity contribution >= 4 is 17.5 Å². The molecule has 17 heavy (non-hydrogen) atoms. The minimum atomic E-state index is -0.406. The fourth-order valence-electron chi connectivity index (χ4n) is 3.18. The predicted molar refractivity (Wildman–Crippen MR) is 67.9 cm³/mol. The van der Waals surface area contributed by atoms with Crippen LogP contribution in [-0.2, 0) is 4.79 Å². The normalized spacial score (nSPS) is 36.2. The minimum absolute atomic E-state index is 0.0730. The van der Waals surface area contributed by atoms with Crippen LogP contribution in [0.25, 0.3) is 0 Å². The highest BCUT2D eigenvalue weighted by atomic mass is 32.2. The lowest BCUT2D eigenvalue weighted by Crippen LogP contribution is -2.21. The molecule has 0 radical (unpaired) electrons. The third-order valence-electron chi connectivity index (χ3n) is 3.95. The summed E-state index contributed by atoms with van der Waals surface area (Å²) >= 11 is 1.82. The first-order valence-corrected chi connectivity index (χ1v) is 7.06. The number of thioether (sulfide) groups is 1. The van der Waals surface area contributed by atoms with Crippen molar-refractivity contribution in [3.05, 3.63) is 30.3 Å². The van der Waals surface area contributed by atoms with Crippen LogP contribution in [0.4, 0.5) is 0 Å². The van der Waals surface area contributed by atoms with Crippen molar-refractivity contribution in [2.24, 2.45) is 11.8 Å². The summed E-state index contributed by atoms with van der Waals surface area (Å²) < 4.78 is 0. The molecule has 4 unspecified atom stereocenters. The molecule has 2 nitrogen and oxygen atoms in total. The molecule has 1 aromatic carbocycles. The second-order valence-electron chi connectivity index (χ2n) is 4.97. The summed E-state index contributed by atoms with van der Waals surface area (Å²) in [4.78, 5) is 12.9. The van der Waals surface area contributed by atoms with E-state index in [0.29, 0.717) is 17.6 Å². The summed E-state index contributed by atoms with van der Waals surface area (Å²) in [6.45, 7) is 0. The zero-order chi connectivity index (χ0) is 11.8. The molecule has 2 saturated carbocycles. The smallest absolute Gasteiger partial charge is 0.138 e. The van der Waals surface area contributed by atoms with Gasteiger partial charge in [-0.2, -0.15) is 0 Å². The number of carbonyl (C=O) groups excluding carboxylic acids is 1. The second-order valence-corrected chi connectivity index (χ2v) is 6.28. The number of fused-ring (bicyclic) bond motifs is 1. The van der Waals surface area contributed by atoms with E-state index in [1.807, 2.05) is 30.0 Å². The number of hydrogen-bond donors (Lipinski definition) is 1. The molecule has 0 amide bonds. The van der Waals surface area contributed by atoms with Gasteiger partial charge in [-0.15, -0.1) is 11.8 Å². The molecule has 0 saturated heterocycles. The van der Waals surface area contributed by atoms with E-state index in [0.717, 1.165) is 12.8 Å². The number of rotatable bonds is 2. The lowest BCUT2D eigenvalue weighted by atomic mass is 9.98. The van der Waals surface area contributed by atoms with E-state index in [4.69, 9.17) is 0 Å². The molecule has 2 aliphatic carbocycles. The number of aliphatic hydroxyl groups excluding tert-OH is 1. The van der Waals surface area contributed by atoms with Crippen molar-refractivity contribution in [2.75, 3.05) is 0 Å². The predicted octanol–water partition coefficient (Wildman–Crippen LogP) is 2.51. The average Bonchev–Trinajstić information content (AvgIpc) is 2.84. The van der Waals surface area contributed by atoms with Crippen molar-refractivity contribution < 1.29 is 9.90 Å². The van der Waals surface area contributed by atoms with Crippen molar-refractivity contribution in [3.63, 3.8) is 0 Å². The third kappa shape index (κ3) is 2.02. The Balaban J connectivity index is 1.75. The van der Waals surface area contributed by atoms with Gasteiger partial charge in [0, 0.05) is 22.5 Å². The van der Waals surface area contributed by atoms with Crippen LogP contribution in [0.1, 0.15) is 19.3 Å². The molecule has 0 aliphatic heterocycles. The maximum atomic E-state index is 11.7. The third-order valence-corrected chi connectivity index (χ3v) is 5.34. The summed E-state index contributed by atoms with van der Waals surface area (Å²) in [6, 6.07) is 10.3. The van der Waals surface area contributed by atoms with E-state index in [9.17, 15) is 9.90 Å². The number of hydrogen-bond acceptors (Lipinski definition) is 3. The number of aliphatic hydroxyl groups is 1. The maximum Gasteiger partial charge on any atom is 0.138 e. The Morgan fingerprint density at radius 3 is 2.76 bits per heavy atom. The zero-order valence-electron chi connectivity index (χ0n) is 9.58. The molecule has 2 fully saturated rings. The SMILES string of the molecule is O=C1CCC2C(Sc3ccccc3)CC(O)C12. The van der Waals surface area contributed by atoms with Gasteiger partial charge in [-0.3, -0.25) is 4.79 Å². The Morgan fingerprint density at radius 1 is 1.24 bits per heavy atom. The lowest BCUT2D eigenvalue weighted by molar-refractivity contribution is -0.123. The standard InChI is InChI=1S/C14H16O2S/c15-11-7-6-10-13(8-12(16)14(10)11)17-9-4-2-1-3-5-9/h1-5,10,12-14,16H,6-8H2. The molecule has 3 rings (SSSR count). The van der Waals surface area contributed by atoms with Crippen LogP contribution < -0.4 is 0 Å². The average molecular weight is 248 g/mol. The monoisotopic (exact) mass is 248 g/mol. The molecule has 90 valence electrons. The van der Waals surface area contributed by atoms with Gasteiger partial charge < -0.3 is 5.11 Å². The fraction of sp³-hybridized carbons (Fsp3) is 0.500. The number of Topliss-reactive ketones (excluding diaryl/α,β-unsaturated/α-hetero) is 1. The van der Waals surface area contributed by atoms with E-state index >= 15 is 0 Å². The Labute approximate surface area is 105 Å². The van der Waals surface area contributed by atoms with Gasteiger partial charge in [-0.25, -0.2) is 0 Å². The summed E-state index contributed by atoms with van der Waals surface area (Å²) in [5, 5.41) is 10.4. The quantitative estimate of drug-likeness (QED) is 0.873. The molecule has 1 aromatic rings. The van der Waals surface area contributed by atoms with Gasteiger partial charge in [-0.1, -0.05) is 18.2 Å². The van der Waals surface area contributed by atoms with Crippen molar-refractivity contribution in [3.8, 4) is 0 Å². The zero-order valence-corrected chi connectivity index (χ0v) is 10.4. The molecule has 2 aliphatic rings. The lowest BCUT2D eigenvalue weighted by Gasteiger charge is -2.16. The molecular weight excluding hydrogens is 232 g/mol. The molecule has 0 spiro atoms. The van der Waals surface area contributed by atoms with Gasteiger partial charge in [-0.05, 0) is 30.9 Å². The van der Waals surface area contributed by atoms with Crippen LogP contribution >= 0.6 is 11.8 Å². The van der Waals surface area contributed by atoms with E-state index < -0.39 is 6.10 Å². The van der Waals surface area contributed by atoms with Crippen LogP contribution in [0, 0.1) is 11.8 Å². The Hall–Kier alpha value is -0.800. The Bertz CT molecular complexity index is 417. The van der Waals surface area contributed by atoms with Crippen LogP contribution in [0.2, 0.25) is 0 Å². The summed E-state index contributed by atoms with van der Waals surface area (Å²) in [6.07, 6.45) is 1.99. The van der Waals surface area contributed by atoms with Gasteiger partial charge >= 0.3 is 0 Å². The van der Waals surface area contributed by atoms with E-state index in [2.05, 4.69) is 12.1 Å². The number of carbonyl (C=O) groups is 1. The highest BCUT2D eigenvalue weighted by molar-refractivity contribution is 8.00. The topological polar surface area (TPSA) is 37.3 Å².